The van der Waals surface area contributed by atoms with Crippen molar-refractivity contribution >= 4 is 11.6 Å². The minimum Gasteiger partial charge on any atom is -0.378 e. The molecule has 3 N–H and O–H groups in total. The summed E-state index contributed by atoms with van der Waals surface area (Å²) in [7, 11) is 0. The first-order valence-electron chi connectivity index (χ1n) is 7.60. The van der Waals surface area contributed by atoms with Crippen LogP contribution in [0.5, 0.6) is 0 Å². The van der Waals surface area contributed by atoms with E-state index in [0.717, 1.165) is 19.0 Å². The molecule has 22 heavy (non-hydrogen) atoms. The van der Waals surface area contributed by atoms with Gasteiger partial charge in [0.2, 0.25) is 0 Å². The Hall–Kier alpha value is -1.66. The molecule has 0 aliphatic carbocycles. The van der Waals surface area contributed by atoms with Crippen LogP contribution in [0.15, 0.2) is 29.3 Å². The molecule has 1 fully saturated rings. The minimum absolute atomic E-state index is 0.0683. The third kappa shape index (κ3) is 4.96. The van der Waals surface area contributed by atoms with Gasteiger partial charge in [0.1, 0.15) is 5.82 Å². The van der Waals surface area contributed by atoms with Crippen LogP contribution < -0.4 is 11.1 Å². The van der Waals surface area contributed by atoms with Gasteiger partial charge in [-0.05, 0) is 30.2 Å². The molecule has 0 radical (unpaired) electrons. The number of hydrogen-bond acceptors (Lipinski definition) is 3. The highest BCUT2D eigenvalue weighted by molar-refractivity contribution is 5.93. The summed E-state index contributed by atoms with van der Waals surface area (Å²) < 4.78 is 18.7. The molecule has 0 spiro atoms. The zero-order valence-corrected chi connectivity index (χ0v) is 13.3. The zero-order valence-electron chi connectivity index (χ0n) is 13.3. The molecule has 0 amide bonds. The summed E-state index contributed by atoms with van der Waals surface area (Å²) >= 11 is 0. The van der Waals surface area contributed by atoms with Crippen molar-refractivity contribution in [3.05, 3.63) is 30.1 Å². The van der Waals surface area contributed by atoms with Gasteiger partial charge < -0.3 is 20.7 Å². The summed E-state index contributed by atoms with van der Waals surface area (Å²) in [5.74, 6) is 0.476. The molecule has 0 unspecified atom stereocenters. The summed E-state index contributed by atoms with van der Waals surface area (Å²) in [6.45, 7) is 8.21. The summed E-state index contributed by atoms with van der Waals surface area (Å²) in [6.07, 6.45) is 0. The average molecular weight is 308 g/mol. The van der Waals surface area contributed by atoms with Crippen LogP contribution in [0.1, 0.15) is 13.8 Å². The lowest BCUT2D eigenvalue weighted by molar-refractivity contribution is 0.0678. The van der Waals surface area contributed by atoms with Crippen molar-refractivity contribution in [3.8, 4) is 0 Å². The molecular formula is C16H25FN4O. The van der Waals surface area contributed by atoms with Crippen molar-refractivity contribution in [2.45, 2.75) is 13.8 Å². The Morgan fingerprint density at radius 1 is 1.41 bits per heavy atom. The predicted molar refractivity (Wildman–Crippen MR) is 87.6 cm³/mol. The summed E-state index contributed by atoms with van der Waals surface area (Å²) in [5, 5.41) is 3.23. The fourth-order valence-electron chi connectivity index (χ4n) is 2.04. The molecule has 1 aromatic carbocycles. The van der Waals surface area contributed by atoms with E-state index in [9.17, 15) is 4.39 Å². The zero-order chi connectivity index (χ0) is 16.0. The van der Waals surface area contributed by atoms with Crippen LogP contribution in [0.2, 0.25) is 0 Å². The molecule has 6 heteroatoms. The lowest BCUT2D eigenvalue weighted by Gasteiger charge is -2.31. The normalized spacial score (nSPS) is 16.7. The lowest BCUT2D eigenvalue weighted by Crippen LogP contribution is -2.44. The molecule has 1 saturated heterocycles. The Morgan fingerprint density at radius 2 is 2.14 bits per heavy atom. The highest BCUT2D eigenvalue weighted by atomic mass is 19.1. The molecular weight excluding hydrogens is 283 g/mol. The third-order valence-electron chi connectivity index (χ3n) is 3.60. The molecule has 5 nitrogen and oxygen atoms in total. The molecule has 1 aliphatic heterocycles. The molecule has 1 aliphatic rings. The van der Waals surface area contributed by atoms with Crippen LogP contribution in [0.25, 0.3) is 0 Å². The molecule has 1 aromatic rings. The number of anilines is 1. The topological polar surface area (TPSA) is 62.9 Å². The molecule has 0 saturated carbocycles. The van der Waals surface area contributed by atoms with E-state index in [1.165, 1.54) is 12.1 Å². The molecule has 2 rings (SSSR count). The van der Waals surface area contributed by atoms with Crippen LogP contribution in [-0.2, 0) is 4.74 Å². The summed E-state index contributed by atoms with van der Waals surface area (Å²) in [6, 6.07) is 6.39. The standard InChI is InChI=1S/C16H25FN4O/c1-16(2,11-18)12-19-15(21-6-8-22-9-7-21)20-14-5-3-4-13(17)10-14/h3-5,10H,6-9,11-12,18H2,1-2H3,(H,19,20). The Bertz CT molecular complexity index is 513. The third-order valence-corrected chi connectivity index (χ3v) is 3.60. The number of ether oxygens (including phenoxy) is 1. The number of aliphatic imine (C=N–C) groups is 1. The lowest BCUT2D eigenvalue weighted by atomic mass is 9.94. The second kappa shape index (κ2) is 7.56. The van der Waals surface area contributed by atoms with Gasteiger partial charge in [-0.1, -0.05) is 19.9 Å². The van der Waals surface area contributed by atoms with Gasteiger partial charge in [0.15, 0.2) is 5.96 Å². The number of nitrogens with two attached hydrogens (primary N) is 1. The number of nitrogens with one attached hydrogen (secondary N) is 1. The molecule has 0 bridgehead atoms. The van der Waals surface area contributed by atoms with E-state index in [4.69, 9.17) is 10.5 Å². The smallest absolute Gasteiger partial charge is 0.198 e. The fraction of sp³-hybridized carbons (Fsp3) is 0.562. The van der Waals surface area contributed by atoms with Gasteiger partial charge in [-0.25, -0.2) is 4.39 Å². The average Bonchev–Trinajstić information content (AvgIpc) is 2.52. The molecule has 0 aromatic heterocycles. The van der Waals surface area contributed by atoms with Gasteiger partial charge in [-0.2, -0.15) is 0 Å². The highest BCUT2D eigenvalue weighted by Crippen LogP contribution is 2.15. The van der Waals surface area contributed by atoms with Gasteiger partial charge in [-0.3, -0.25) is 4.99 Å². The second-order valence-corrected chi connectivity index (χ2v) is 6.24. The number of nitrogens with zero attached hydrogens (tertiary/aromatic N) is 2. The number of hydrogen-bond donors (Lipinski definition) is 2. The highest BCUT2D eigenvalue weighted by Gasteiger charge is 2.19. The van der Waals surface area contributed by atoms with Gasteiger partial charge in [0.25, 0.3) is 0 Å². The van der Waals surface area contributed by atoms with Crippen LogP contribution >= 0.6 is 0 Å². The SMILES string of the molecule is CC(C)(CN)CN=C(Nc1cccc(F)c1)N1CCOCC1. The van der Waals surface area contributed by atoms with E-state index < -0.39 is 0 Å². The Morgan fingerprint density at radius 3 is 2.77 bits per heavy atom. The number of morpholine rings is 1. The van der Waals surface area contributed by atoms with Crippen LogP contribution in [-0.4, -0.2) is 50.3 Å². The van der Waals surface area contributed by atoms with Crippen LogP contribution in [0.3, 0.4) is 0 Å². The largest absolute Gasteiger partial charge is 0.378 e. The molecule has 1 heterocycles. The van der Waals surface area contributed by atoms with Crippen molar-refractivity contribution in [1.29, 1.82) is 0 Å². The maximum Gasteiger partial charge on any atom is 0.198 e. The number of halogens is 1. The number of benzene rings is 1. The van der Waals surface area contributed by atoms with E-state index in [1.54, 1.807) is 6.07 Å². The second-order valence-electron chi connectivity index (χ2n) is 6.24. The Balaban J connectivity index is 2.15. The molecule has 0 atom stereocenters. The van der Waals surface area contributed by atoms with Crippen molar-refractivity contribution in [2.24, 2.45) is 16.1 Å². The van der Waals surface area contributed by atoms with E-state index in [0.29, 0.717) is 32.0 Å². The first-order chi connectivity index (χ1) is 10.5. The van der Waals surface area contributed by atoms with Gasteiger partial charge in [0, 0.05) is 25.3 Å². The van der Waals surface area contributed by atoms with Crippen molar-refractivity contribution in [1.82, 2.24) is 4.90 Å². The fourth-order valence-corrected chi connectivity index (χ4v) is 2.04. The van der Waals surface area contributed by atoms with Gasteiger partial charge in [0.05, 0.1) is 13.2 Å². The Kier molecular flexibility index (Phi) is 5.74. The Labute approximate surface area is 131 Å². The minimum atomic E-state index is -0.270. The van der Waals surface area contributed by atoms with Gasteiger partial charge >= 0.3 is 0 Å². The molecule has 122 valence electrons. The quantitative estimate of drug-likeness (QED) is 0.659. The maximum atomic E-state index is 13.4. The monoisotopic (exact) mass is 308 g/mol. The van der Waals surface area contributed by atoms with Crippen molar-refractivity contribution in [2.75, 3.05) is 44.7 Å². The van der Waals surface area contributed by atoms with Crippen LogP contribution in [0, 0.1) is 11.2 Å². The predicted octanol–water partition coefficient (Wildman–Crippen LogP) is 1.91. The summed E-state index contributed by atoms with van der Waals surface area (Å²) in [5.41, 5.74) is 6.39. The van der Waals surface area contributed by atoms with Crippen molar-refractivity contribution < 1.29 is 9.13 Å². The van der Waals surface area contributed by atoms with E-state index in [-0.39, 0.29) is 11.2 Å². The van der Waals surface area contributed by atoms with Crippen LogP contribution in [0.4, 0.5) is 10.1 Å². The first-order valence-corrected chi connectivity index (χ1v) is 7.60. The van der Waals surface area contributed by atoms with Gasteiger partial charge in [-0.15, -0.1) is 0 Å². The van der Waals surface area contributed by atoms with Crippen molar-refractivity contribution in [3.63, 3.8) is 0 Å². The number of guanidine groups is 1. The summed E-state index contributed by atoms with van der Waals surface area (Å²) in [4.78, 5) is 6.81. The number of rotatable bonds is 4. The first kappa shape index (κ1) is 16.7. The van der Waals surface area contributed by atoms with E-state index in [2.05, 4.69) is 29.1 Å². The maximum absolute atomic E-state index is 13.4. The van der Waals surface area contributed by atoms with E-state index >= 15 is 0 Å². The van der Waals surface area contributed by atoms with E-state index in [1.807, 2.05) is 6.07 Å².